The van der Waals surface area contributed by atoms with Crippen molar-refractivity contribution in [3.63, 3.8) is 0 Å². The van der Waals surface area contributed by atoms with Crippen LogP contribution >= 0.6 is 15.9 Å². The summed E-state index contributed by atoms with van der Waals surface area (Å²) in [6, 6.07) is 14.2. The fourth-order valence-electron chi connectivity index (χ4n) is 2.42. The van der Waals surface area contributed by atoms with Crippen molar-refractivity contribution in [1.29, 1.82) is 0 Å². The van der Waals surface area contributed by atoms with Gasteiger partial charge in [-0.3, -0.25) is 4.79 Å². The van der Waals surface area contributed by atoms with Gasteiger partial charge < -0.3 is 4.57 Å². The van der Waals surface area contributed by atoms with E-state index < -0.39 is 0 Å². The van der Waals surface area contributed by atoms with Crippen molar-refractivity contribution < 1.29 is 9.18 Å². The number of carbonyl (C=O) groups is 1. The quantitative estimate of drug-likeness (QED) is 0.688. The molecule has 3 aromatic rings. The van der Waals surface area contributed by atoms with Crippen molar-refractivity contribution >= 4 is 32.6 Å². The smallest absolute Gasteiger partial charge is 0.156 e. The lowest BCUT2D eigenvalue weighted by Gasteiger charge is -2.06. The highest BCUT2D eigenvalue weighted by molar-refractivity contribution is 9.10. The maximum atomic E-state index is 13.6. The van der Waals surface area contributed by atoms with Crippen molar-refractivity contribution in [2.45, 2.75) is 13.0 Å². The second-order valence-electron chi connectivity index (χ2n) is 4.92. The molecule has 4 heteroatoms. The number of nitrogens with zero attached hydrogens (tertiary/aromatic N) is 1. The van der Waals surface area contributed by atoms with E-state index in [1.165, 1.54) is 6.07 Å². The molecule has 0 amide bonds. The highest BCUT2D eigenvalue weighted by atomic mass is 79.9. The number of Topliss-reactive ketones (excluding diaryl/α,β-unsaturated/α-hetero) is 1. The van der Waals surface area contributed by atoms with Gasteiger partial charge in [0.05, 0.1) is 6.54 Å². The highest BCUT2D eigenvalue weighted by Crippen LogP contribution is 2.24. The van der Waals surface area contributed by atoms with Crippen LogP contribution in [-0.4, -0.2) is 10.4 Å². The molecule has 1 heterocycles. The van der Waals surface area contributed by atoms with E-state index >= 15 is 0 Å². The summed E-state index contributed by atoms with van der Waals surface area (Å²) in [5, 5.41) is 1.07. The number of fused-ring (bicyclic) bond motifs is 1. The second-order valence-corrected chi connectivity index (χ2v) is 5.78. The molecule has 0 bridgehead atoms. The third-order valence-electron chi connectivity index (χ3n) is 3.45. The summed E-state index contributed by atoms with van der Waals surface area (Å²) < 4.78 is 16.5. The molecule has 21 heavy (non-hydrogen) atoms. The predicted octanol–water partition coefficient (Wildman–Crippen LogP) is 4.35. The maximum absolute atomic E-state index is 13.6. The highest BCUT2D eigenvalue weighted by Gasteiger charge is 2.10. The van der Waals surface area contributed by atoms with E-state index in [1.807, 2.05) is 35.0 Å². The Morgan fingerprint density at radius 1 is 1.10 bits per heavy atom. The molecular weight excluding hydrogens is 333 g/mol. The summed E-state index contributed by atoms with van der Waals surface area (Å²) in [5.41, 5.74) is 1.44. The minimum Gasteiger partial charge on any atom is -0.340 e. The average Bonchev–Trinajstić information content (AvgIpc) is 2.86. The van der Waals surface area contributed by atoms with Gasteiger partial charge in [-0.15, -0.1) is 0 Å². The summed E-state index contributed by atoms with van der Waals surface area (Å²) >= 11 is 3.49. The number of hydrogen-bond donors (Lipinski definition) is 0. The number of aromatic nitrogens is 1. The Morgan fingerprint density at radius 2 is 1.90 bits per heavy atom. The van der Waals surface area contributed by atoms with Crippen molar-refractivity contribution in [2.24, 2.45) is 0 Å². The third kappa shape index (κ3) is 2.90. The van der Waals surface area contributed by atoms with Crippen LogP contribution in [0, 0.1) is 5.82 Å². The number of benzene rings is 2. The van der Waals surface area contributed by atoms with Gasteiger partial charge in [0.25, 0.3) is 0 Å². The van der Waals surface area contributed by atoms with E-state index in [9.17, 15) is 9.18 Å². The van der Waals surface area contributed by atoms with Crippen LogP contribution in [0.1, 0.15) is 5.56 Å². The van der Waals surface area contributed by atoms with Crippen molar-refractivity contribution in [1.82, 2.24) is 4.57 Å². The first-order chi connectivity index (χ1) is 10.1. The van der Waals surface area contributed by atoms with Crippen molar-refractivity contribution in [2.75, 3.05) is 0 Å². The Labute approximate surface area is 130 Å². The molecule has 0 spiro atoms. The standard InChI is InChI=1S/C17H13BrFNO/c18-15-5-3-7-17-14(15)8-9-20(17)11-13(21)10-12-4-1-2-6-16(12)19/h1-9H,10-11H2. The van der Waals surface area contributed by atoms with Crippen LogP contribution in [0.3, 0.4) is 0 Å². The Balaban J connectivity index is 1.81. The zero-order valence-electron chi connectivity index (χ0n) is 11.2. The van der Waals surface area contributed by atoms with Crippen LogP contribution in [0.25, 0.3) is 10.9 Å². The van der Waals surface area contributed by atoms with E-state index in [-0.39, 0.29) is 24.6 Å². The Bertz CT molecular complexity index is 809. The molecule has 0 N–H and O–H groups in total. The summed E-state index contributed by atoms with van der Waals surface area (Å²) in [6.07, 6.45) is 2.00. The van der Waals surface area contributed by atoms with E-state index in [0.29, 0.717) is 5.56 Å². The largest absolute Gasteiger partial charge is 0.340 e. The molecule has 3 rings (SSSR count). The summed E-state index contributed by atoms with van der Waals surface area (Å²) in [5.74, 6) is -0.344. The topological polar surface area (TPSA) is 22.0 Å². The molecule has 106 valence electrons. The lowest BCUT2D eigenvalue weighted by Crippen LogP contribution is -2.12. The Morgan fingerprint density at radius 3 is 2.71 bits per heavy atom. The van der Waals surface area contributed by atoms with Crippen LogP contribution < -0.4 is 0 Å². The van der Waals surface area contributed by atoms with Gasteiger partial charge in [-0.25, -0.2) is 4.39 Å². The number of rotatable bonds is 4. The number of hydrogen-bond acceptors (Lipinski definition) is 1. The molecule has 0 aliphatic carbocycles. The van der Waals surface area contributed by atoms with Gasteiger partial charge in [-0.1, -0.05) is 40.2 Å². The van der Waals surface area contributed by atoms with Crippen LogP contribution in [0.4, 0.5) is 4.39 Å². The van der Waals surface area contributed by atoms with Crippen LogP contribution in [0.2, 0.25) is 0 Å². The maximum Gasteiger partial charge on any atom is 0.156 e. The summed E-state index contributed by atoms with van der Waals surface area (Å²) in [6.45, 7) is 0.244. The van der Waals surface area contributed by atoms with E-state index in [1.54, 1.807) is 18.2 Å². The van der Waals surface area contributed by atoms with E-state index in [2.05, 4.69) is 15.9 Å². The fraction of sp³-hybridized carbons (Fsp3) is 0.118. The molecule has 0 unspecified atom stereocenters. The predicted molar refractivity (Wildman–Crippen MR) is 84.7 cm³/mol. The zero-order chi connectivity index (χ0) is 14.8. The molecule has 1 aromatic heterocycles. The number of ketones is 1. The minimum absolute atomic E-state index is 0.0161. The molecule has 2 nitrogen and oxygen atoms in total. The summed E-state index contributed by atoms with van der Waals surface area (Å²) in [4.78, 5) is 12.2. The average molecular weight is 346 g/mol. The van der Waals surface area contributed by atoms with E-state index in [4.69, 9.17) is 0 Å². The Hall–Kier alpha value is -1.94. The van der Waals surface area contributed by atoms with Gasteiger partial charge >= 0.3 is 0 Å². The molecule has 2 aromatic carbocycles. The lowest BCUT2D eigenvalue weighted by molar-refractivity contribution is -0.118. The lowest BCUT2D eigenvalue weighted by atomic mass is 10.1. The monoisotopic (exact) mass is 345 g/mol. The molecule has 0 aliphatic heterocycles. The molecule has 0 atom stereocenters. The zero-order valence-corrected chi connectivity index (χ0v) is 12.8. The fourth-order valence-corrected chi connectivity index (χ4v) is 2.91. The van der Waals surface area contributed by atoms with Gasteiger partial charge in [0.2, 0.25) is 0 Å². The first kappa shape index (κ1) is 14.0. The first-order valence-electron chi connectivity index (χ1n) is 6.63. The normalized spacial score (nSPS) is 11.0. The second kappa shape index (κ2) is 5.82. The molecule has 0 fully saturated rings. The molecule has 0 radical (unpaired) electrons. The molecule has 0 saturated heterocycles. The van der Waals surface area contributed by atoms with Gasteiger partial charge in [-0.2, -0.15) is 0 Å². The first-order valence-corrected chi connectivity index (χ1v) is 7.43. The molecular formula is C17H13BrFNO. The van der Waals surface area contributed by atoms with Crippen molar-refractivity contribution in [3.8, 4) is 0 Å². The third-order valence-corrected chi connectivity index (χ3v) is 4.14. The molecule has 0 aliphatic rings. The minimum atomic E-state index is -0.328. The van der Waals surface area contributed by atoms with Gasteiger partial charge in [0.1, 0.15) is 5.82 Å². The van der Waals surface area contributed by atoms with Crippen molar-refractivity contribution in [3.05, 3.63) is 70.6 Å². The van der Waals surface area contributed by atoms with Crippen LogP contribution in [-0.2, 0) is 17.8 Å². The summed E-state index contributed by atoms with van der Waals surface area (Å²) in [7, 11) is 0. The van der Waals surface area contributed by atoms with Crippen LogP contribution in [0.5, 0.6) is 0 Å². The van der Waals surface area contributed by atoms with Gasteiger partial charge in [0.15, 0.2) is 5.78 Å². The SMILES string of the molecule is O=C(Cc1ccccc1F)Cn1ccc2c(Br)cccc21. The molecule has 0 saturated carbocycles. The Kier molecular flexibility index (Phi) is 3.88. The van der Waals surface area contributed by atoms with E-state index in [0.717, 1.165) is 15.4 Å². The van der Waals surface area contributed by atoms with Crippen LogP contribution in [0.15, 0.2) is 59.2 Å². The number of halogens is 2. The number of carbonyl (C=O) groups excluding carboxylic acids is 1. The van der Waals surface area contributed by atoms with Gasteiger partial charge in [0, 0.05) is 28.0 Å². The van der Waals surface area contributed by atoms with Gasteiger partial charge in [-0.05, 0) is 29.8 Å².